The molecule has 0 aliphatic heterocycles. The molecule has 0 spiro atoms. The Hall–Kier alpha value is -2.22. The fourth-order valence-corrected chi connectivity index (χ4v) is 2.73. The second-order valence-corrected chi connectivity index (χ2v) is 5.37. The van der Waals surface area contributed by atoms with Crippen LogP contribution in [0.25, 0.3) is 10.2 Å². The van der Waals surface area contributed by atoms with Gasteiger partial charge in [0.05, 0.1) is 5.39 Å². The summed E-state index contributed by atoms with van der Waals surface area (Å²) in [5, 5.41) is 13.4. The molecule has 0 aromatic carbocycles. The standard InChI is InChI=1S/C13H16N6OS/c1-3-14-13-17-11(9-5-7-21-12(9)18-13)15-6-4-10-16-8(2)20-19-10/h5,7H,3-4,6H2,1-2H3,(H2,14,15,17,18). The van der Waals surface area contributed by atoms with E-state index in [-0.39, 0.29) is 0 Å². The first-order chi connectivity index (χ1) is 10.3. The van der Waals surface area contributed by atoms with E-state index in [9.17, 15) is 0 Å². The fourth-order valence-electron chi connectivity index (χ4n) is 1.96. The molecular weight excluding hydrogens is 288 g/mol. The van der Waals surface area contributed by atoms with E-state index in [0.29, 0.717) is 30.6 Å². The maximum atomic E-state index is 4.95. The van der Waals surface area contributed by atoms with Crippen LogP contribution in [-0.4, -0.2) is 33.2 Å². The van der Waals surface area contributed by atoms with E-state index in [0.717, 1.165) is 22.6 Å². The summed E-state index contributed by atoms with van der Waals surface area (Å²) in [6.07, 6.45) is 0.684. The monoisotopic (exact) mass is 304 g/mol. The van der Waals surface area contributed by atoms with E-state index < -0.39 is 0 Å². The average molecular weight is 304 g/mol. The van der Waals surface area contributed by atoms with Gasteiger partial charge in [0.25, 0.3) is 0 Å². The van der Waals surface area contributed by atoms with Crippen molar-refractivity contribution in [2.24, 2.45) is 0 Å². The average Bonchev–Trinajstić information content (AvgIpc) is 3.08. The molecule has 3 rings (SSSR count). The van der Waals surface area contributed by atoms with Gasteiger partial charge in [-0.3, -0.25) is 0 Å². The highest BCUT2D eigenvalue weighted by molar-refractivity contribution is 7.16. The molecular formula is C13H16N6OS. The summed E-state index contributed by atoms with van der Waals surface area (Å²) in [6.45, 7) is 5.28. The molecule has 2 N–H and O–H groups in total. The molecule has 0 aliphatic rings. The molecule has 3 aromatic rings. The Labute approximate surface area is 125 Å². The van der Waals surface area contributed by atoms with Gasteiger partial charge in [-0.15, -0.1) is 11.3 Å². The lowest BCUT2D eigenvalue weighted by Crippen LogP contribution is -2.10. The lowest BCUT2D eigenvalue weighted by Gasteiger charge is -2.08. The summed E-state index contributed by atoms with van der Waals surface area (Å²) >= 11 is 1.60. The Morgan fingerprint density at radius 1 is 1.24 bits per heavy atom. The van der Waals surface area contributed by atoms with Gasteiger partial charge >= 0.3 is 0 Å². The number of nitrogens with zero attached hydrogens (tertiary/aromatic N) is 4. The van der Waals surface area contributed by atoms with Gasteiger partial charge in [0, 0.05) is 26.4 Å². The van der Waals surface area contributed by atoms with Crippen molar-refractivity contribution in [1.29, 1.82) is 0 Å². The van der Waals surface area contributed by atoms with Gasteiger partial charge in [-0.05, 0) is 18.4 Å². The maximum absolute atomic E-state index is 4.95. The van der Waals surface area contributed by atoms with Crippen LogP contribution >= 0.6 is 11.3 Å². The number of hydrogen-bond acceptors (Lipinski definition) is 8. The molecule has 3 heterocycles. The molecule has 0 saturated carbocycles. The van der Waals surface area contributed by atoms with E-state index in [1.807, 2.05) is 18.4 Å². The van der Waals surface area contributed by atoms with E-state index in [4.69, 9.17) is 4.52 Å². The minimum Gasteiger partial charge on any atom is -0.369 e. The third-order valence-electron chi connectivity index (χ3n) is 2.87. The highest BCUT2D eigenvalue weighted by Gasteiger charge is 2.09. The van der Waals surface area contributed by atoms with Gasteiger partial charge in [0.2, 0.25) is 11.8 Å². The SMILES string of the molecule is CCNc1nc(NCCc2noc(C)n2)c2ccsc2n1. The molecule has 7 nitrogen and oxygen atoms in total. The smallest absolute Gasteiger partial charge is 0.226 e. The molecule has 3 aromatic heterocycles. The zero-order valence-electron chi connectivity index (χ0n) is 11.9. The molecule has 8 heteroatoms. The molecule has 0 fully saturated rings. The molecule has 110 valence electrons. The second kappa shape index (κ2) is 6.04. The van der Waals surface area contributed by atoms with Crippen LogP contribution in [0.2, 0.25) is 0 Å². The van der Waals surface area contributed by atoms with Crippen molar-refractivity contribution in [3.63, 3.8) is 0 Å². The van der Waals surface area contributed by atoms with Gasteiger partial charge in [0.1, 0.15) is 10.6 Å². The molecule has 0 atom stereocenters. The first-order valence-electron chi connectivity index (χ1n) is 6.78. The molecule has 0 saturated heterocycles. The maximum Gasteiger partial charge on any atom is 0.226 e. The van der Waals surface area contributed by atoms with Crippen LogP contribution in [0.5, 0.6) is 0 Å². The van der Waals surface area contributed by atoms with Crippen LogP contribution in [0.4, 0.5) is 11.8 Å². The van der Waals surface area contributed by atoms with Crippen molar-refractivity contribution >= 4 is 33.3 Å². The minimum atomic E-state index is 0.585. The van der Waals surface area contributed by atoms with Gasteiger partial charge < -0.3 is 15.2 Å². The predicted octanol–water partition coefficient (Wildman–Crippen LogP) is 2.47. The molecule has 0 bridgehead atoms. The van der Waals surface area contributed by atoms with Gasteiger partial charge in [-0.2, -0.15) is 9.97 Å². The first kappa shape index (κ1) is 13.7. The quantitative estimate of drug-likeness (QED) is 0.723. The molecule has 0 aliphatic carbocycles. The highest BCUT2D eigenvalue weighted by Crippen LogP contribution is 2.26. The van der Waals surface area contributed by atoms with Crippen LogP contribution in [-0.2, 0) is 6.42 Å². The van der Waals surface area contributed by atoms with E-state index in [1.165, 1.54) is 0 Å². The van der Waals surface area contributed by atoms with E-state index in [1.54, 1.807) is 18.3 Å². The third-order valence-corrected chi connectivity index (χ3v) is 3.68. The van der Waals surface area contributed by atoms with Crippen LogP contribution in [0.1, 0.15) is 18.6 Å². The fraction of sp³-hybridized carbons (Fsp3) is 0.385. The van der Waals surface area contributed by atoms with Gasteiger partial charge in [0.15, 0.2) is 5.82 Å². The van der Waals surface area contributed by atoms with Crippen molar-refractivity contribution in [3.8, 4) is 0 Å². The summed E-state index contributed by atoms with van der Waals surface area (Å²) in [7, 11) is 0. The van der Waals surface area contributed by atoms with Crippen LogP contribution in [0.3, 0.4) is 0 Å². The van der Waals surface area contributed by atoms with Crippen molar-refractivity contribution in [1.82, 2.24) is 20.1 Å². The Balaban J connectivity index is 1.74. The Morgan fingerprint density at radius 2 is 2.14 bits per heavy atom. The molecule has 0 radical (unpaired) electrons. The normalized spacial score (nSPS) is 11.0. The zero-order chi connectivity index (χ0) is 14.7. The van der Waals surface area contributed by atoms with Gasteiger partial charge in [-0.25, -0.2) is 4.98 Å². The number of thiophene rings is 1. The van der Waals surface area contributed by atoms with Crippen LogP contribution in [0, 0.1) is 6.92 Å². The van der Waals surface area contributed by atoms with Crippen LogP contribution < -0.4 is 10.6 Å². The summed E-state index contributed by atoms with van der Waals surface area (Å²) < 4.78 is 4.95. The van der Waals surface area contributed by atoms with Crippen molar-refractivity contribution in [2.45, 2.75) is 20.3 Å². The minimum absolute atomic E-state index is 0.585. The first-order valence-corrected chi connectivity index (χ1v) is 7.66. The Bertz CT molecular complexity index is 737. The zero-order valence-corrected chi connectivity index (χ0v) is 12.7. The number of aromatic nitrogens is 4. The predicted molar refractivity (Wildman–Crippen MR) is 82.8 cm³/mol. The summed E-state index contributed by atoms with van der Waals surface area (Å²) in [4.78, 5) is 14.1. The van der Waals surface area contributed by atoms with Crippen molar-refractivity contribution in [3.05, 3.63) is 23.2 Å². The number of rotatable bonds is 6. The lowest BCUT2D eigenvalue weighted by molar-refractivity contribution is 0.387. The number of nitrogens with one attached hydrogen (secondary N) is 2. The third kappa shape index (κ3) is 3.10. The number of hydrogen-bond donors (Lipinski definition) is 2. The lowest BCUT2D eigenvalue weighted by atomic mass is 10.3. The number of fused-ring (bicyclic) bond motifs is 1. The highest BCUT2D eigenvalue weighted by atomic mass is 32.1. The Kier molecular flexibility index (Phi) is 3.96. The second-order valence-electron chi connectivity index (χ2n) is 4.47. The van der Waals surface area contributed by atoms with Crippen molar-refractivity contribution in [2.75, 3.05) is 23.7 Å². The van der Waals surface area contributed by atoms with Crippen LogP contribution in [0.15, 0.2) is 16.0 Å². The van der Waals surface area contributed by atoms with E-state index in [2.05, 4.69) is 30.7 Å². The molecule has 21 heavy (non-hydrogen) atoms. The summed E-state index contributed by atoms with van der Waals surface area (Å²) in [6, 6.07) is 2.02. The largest absolute Gasteiger partial charge is 0.369 e. The molecule has 0 unspecified atom stereocenters. The summed E-state index contributed by atoms with van der Waals surface area (Å²) in [5.41, 5.74) is 0. The number of anilines is 2. The van der Waals surface area contributed by atoms with E-state index >= 15 is 0 Å². The van der Waals surface area contributed by atoms with Crippen molar-refractivity contribution < 1.29 is 4.52 Å². The Morgan fingerprint density at radius 3 is 2.90 bits per heavy atom. The summed E-state index contributed by atoms with van der Waals surface area (Å²) in [5.74, 6) is 2.76. The van der Waals surface area contributed by atoms with Gasteiger partial charge in [-0.1, -0.05) is 5.16 Å². The topological polar surface area (TPSA) is 88.8 Å². The molecule has 0 amide bonds. The number of aryl methyl sites for hydroxylation is 1.